The zero-order chi connectivity index (χ0) is 20.3. The lowest BCUT2D eigenvalue weighted by molar-refractivity contribution is -0.138. The van der Waals surface area contributed by atoms with Crippen LogP contribution in [0.3, 0.4) is 0 Å². The van der Waals surface area contributed by atoms with Crippen molar-refractivity contribution < 1.29 is 24.2 Å². The van der Waals surface area contributed by atoms with Gasteiger partial charge in [-0.25, -0.2) is 4.79 Å². The van der Waals surface area contributed by atoms with Gasteiger partial charge >= 0.3 is 5.97 Å². The molecule has 2 fully saturated rings. The fourth-order valence-corrected chi connectivity index (χ4v) is 3.53. The molecule has 0 aromatic heterocycles. The van der Waals surface area contributed by atoms with Gasteiger partial charge in [0.25, 0.3) is 5.91 Å². The van der Waals surface area contributed by atoms with Gasteiger partial charge in [0, 0.05) is 39.1 Å². The molecule has 0 radical (unpaired) electrons. The number of epoxide rings is 1. The van der Waals surface area contributed by atoms with Crippen LogP contribution in [0.4, 0.5) is 5.69 Å². The zero-order valence-corrected chi connectivity index (χ0v) is 16.4. The van der Waals surface area contributed by atoms with E-state index in [2.05, 4.69) is 10.2 Å². The lowest BCUT2D eigenvalue weighted by Crippen LogP contribution is -2.49. The first-order valence-corrected chi connectivity index (χ1v) is 9.68. The number of carbonyl (C=O) groups is 3. The molecule has 2 heterocycles. The number of para-hydroxylation sites is 1. The van der Waals surface area contributed by atoms with E-state index >= 15 is 0 Å². The second kappa shape index (κ2) is 8.79. The van der Waals surface area contributed by atoms with E-state index in [4.69, 9.17) is 21.4 Å². The lowest BCUT2D eigenvalue weighted by atomic mass is 10.1. The third-order valence-electron chi connectivity index (χ3n) is 4.97. The molecule has 2 aliphatic rings. The van der Waals surface area contributed by atoms with Crippen LogP contribution in [-0.2, 0) is 19.1 Å². The Hall–Kier alpha value is -2.32. The average molecular weight is 410 g/mol. The second-order valence-electron chi connectivity index (χ2n) is 7.19. The molecule has 0 bridgehead atoms. The van der Waals surface area contributed by atoms with E-state index < -0.39 is 24.1 Å². The third kappa shape index (κ3) is 4.94. The van der Waals surface area contributed by atoms with E-state index in [0.717, 1.165) is 18.8 Å². The van der Waals surface area contributed by atoms with Crippen LogP contribution in [0.25, 0.3) is 0 Å². The van der Waals surface area contributed by atoms with Gasteiger partial charge in [-0.1, -0.05) is 30.7 Å². The van der Waals surface area contributed by atoms with Crippen molar-refractivity contribution in [1.82, 2.24) is 10.2 Å². The van der Waals surface area contributed by atoms with Crippen LogP contribution in [-0.4, -0.2) is 72.7 Å². The fraction of sp³-hybridized carbons (Fsp3) is 0.526. The lowest BCUT2D eigenvalue weighted by Gasteiger charge is -2.37. The topological polar surface area (TPSA) is 102 Å². The van der Waals surface area contributed by atoms with E-state index in [1.807, 2.05) is 36.1 Å². The summed E-state index contributed by atoms with van der Waals surface area (Å²) < 4.78 is 4.80. The highest BCUT2D eigenvalue weighted by Crippen LogP contribution is 2.26. The number of nitrogens with zero attached hydrogens (tertiary/aromatic N) is 2. The number of nitrogens with one attached hydrogen (secondary N) is 1. The summed E-state index contributed by atoms with van der Waals surface area (Å²) in [6, 6.07) is 7.67. The van der Waals surface area contributed by atoms with E-state index in [1.54, 1.807) is 0 Å². The number of anilines is 1. The van der Waals surface area contributed by atoms with Crippen molar-refractivity contribution >= 4 is 35.1 Å². The summed E-state index contributed by atoms with van der Waals surface area (Å²) >= 11 is 6.24. The first kappa shape index (κ1) is 20.4. The van der Waals surface area contributed by atoms with Crippen LogP contribution < -0.4 is 10.2 Å². The normalized spacial score (nSPS) is 22.5. The predicted octanol–water partition coefficient (Wildman–Crippen LogP) is 0.983. The number of aliphatic carboxylic acids is 1. The molecule has 2 amide bonds. The van der Waals surface area contributed by atoms with Crippen LogP contribution >= 0.6 is 11.6 Å². The average Bonchev–Trinajstić information content (AvgIpc) is 3.48. The number of piperazine rings is 1. The molecular formula is C19H24ClN3O5. The molecule has 1 aromatic rings. The maximum Gasteiger partial charge on any atom is 0.336 e. The highest BCUT2D eigenvalue weighted by atomic mass is 35.5. The summed E-state index contributed by atoms with van der Waals surface area (Å²) in [7, 11) is 0. The minimum atomic E-state index is -1.14. The minimum Gasteiger partial charge on any atom is -0.479 e. The first-order valence-electron chi connectivity index (χ1n) is 9.30. The van der Waals surface area contributed by atoms with Gasteiger partial charge in [0.1, 0.15) is 0 Å². The first-order chi connectivity index (χ1) is 13.4. The highest BCUT2D eigenvalue weighted by Gasteiger charge is 2.50. The standard InChI is InChI=1S/C19H24ClN3O5/c1-12(11-21-18(25)16-17(28-16)19(26)27)10-15(24)23-8-6-22(7-9-23)14-5-3-2-4-13(14)20/h2-5,12,16-17H,6-11H2,1H3,(H,21,25)(H,26,27)/t12-,16-,17-/m0/s1. The molecule has 1 aromatic carbocycles. The number of hydrogen-bond acceptors (Lipinski definition) is 5. The summed E-state index contributed by atoms with van der Waals surface area (Å²) in [5.41, 5.74) is 0.981. The van der Waals surface area contributed by atoms with Crippen molar-refractivity contribution in [3.8, 4) is 0 Å². The number of ether oxygens (including phenoxy) is 1. The van der Waals surface area contributed by atoms with Crippen LogP contribution in [0.5, 0.6) is 0 Å². The Bertz CT molecular complexity index is 751. The molecule has 8 nitrogen and oxygen atoms in total. The maximum atomic E-state index is 12.5. The van der Waals surface area contributed by atoms with Crippen molar-refractivity contribution in [3.05, 3.63) is 29.3 Å². The fourth-order valence-electron chi connectivity index (χ4n) is 3.28. The molecule has 0 spiro atoms. The molecule has 9 heteroatoms. The van der Waals surface area contributed by atoms with E-state index in [-0.39, 0.29) is 11.8 Å². The van der Waals surface area contributed by atoms with Gasteiger partial charge in [0.2, 0.25) is 5.91 Å². The van der Waals surface area contributed by atoms with Gasteiger partial charge in [0.05, 0.1) is 10.7 Å². The molecule has 2 aliphatic heterocycles. The Kier molecular flexibility index (Phi) is 6.41. The Morgan fingerprint density at radius 3 is 2.50 bits per heavy atom. The van der Waals surface area contributed by atoms with Gasteiger partial charge in [-0.2, -0.15) is 0 Å². The minimum absolute atomic E-state index is 0.0478. The smallest absolute Gasteiger partial charge is 0.336 e. The molecule has 2 saturated heterocycles. The monoisotopic (exact) mass is 409 g/mol. The Morgan fingerprint density at radius 2 is 1.89 bits per heavy atom. The van der Waals surface area contributed by atoms with Crippen molar-refractivity contribution in [1.29, 1.82) is 0 Å². The number of amides is 2. The molecule has 3 rings (SSSR count). The number of carbonyl (C=O) groups excluding carboxylic acids is 2. The Labute approximate surface area is 168 Å². The van der Waals surface area contributed by atoms with Crippen molar-refractivity contribution in [3.63, 3.8) is 0 Å². The summed E-state index contributed by atoms with van der Waals surface area (Å²) in [6.45, 7) is 4.86. The van der Waals surface area contributed by atoms with E-state index in [1.165, 1.54) is 0 Å². The summed E-state index contributed by atoms with van der Waals surface area (Å²) in [5, 5.41) is 12.1. The summed E-state index contributed by atoms with van der Waals surface area (Å²) in [4.78, 5) is 39.0. The maximum absolute atomic E-state index is 12.5. The van der Waals surface area contributed by atoms with E-state index in [9.17, 15) is 14.4 Å². The number of halogens is 1. The molecule has 0 unspecified atom stereocenters. The number of carboxylic acid groups (broad SMARTS) is 1. The zero-order valence-electron chi connectivity index (χ0n) is 15.6. The van der Waals surface area contributed by atoms with Crippen molar-refractivity contribution in [2.45, 2.75) is 25.6 Å². The molecule has 0 saturated carbocycles. The van der Waals surface area contributed by atoms with Gasteiger partial charge in [-0.05, 0) is 18.1 Å². The molecular weight excluding hydrogens is 386 g/mol. The number of carboxylic acids is 1. The summed E-state index contributed by atoms with van der Waals surface area (Å²) in [6.07, 6.45) is -1.65. The largest absolute Gasteiger partial charge is 0.479 e. The molecule has 28 heavy (non-hydrogen) atoms. The highest BCUT2D eigenvalue weighted by molar-refractivity contribution is 6.33. The predicted molar refractivity (Wildman–Crippen MR) is 103 cm³/mol. The van der Waals surface area contributed by atoms with Crippen molar-refractivity contribution in [2.24, 2.45) is 5.92 Å². The number of hydrogen-bond donors (Lipinski definition) is 2. The van der Waals surface area contributed by atoms with Crippen LogP contribution in [0.1, 0.15) is 13.3 Å². The van der Waals surface area contributed by atoms with Gasteiger partial charge in [0.15, 0.2) is 12.2 Å². The Morgan fingerprint density at radius 1 is 1.21 bits per heavy atom. The van der Waals surface area contributed by atoms with Crippen LogP contribution in [0.15, 0.2) is 24.3 Å². The molecule has 152 valence electrons. The molecule has 0 aliphatic carbocycles. The summed E-state index contributed by atoms with van der Waals surface area (Å²) in [5.74, 6) is -1.59. The SMILES string of the molecule is C[C@H](CNC(=O)[C@H]1O[C@@H]1C(=O)O)CC(=O)N1CCN(c2ccccc2Cl)CC1. The van der Waals surface area contributed by atoms with Gasteiger partial charge in [-0.15, -0.1) is 0 Å². The number of rotatable bonds is 7. The molecule has 3 atom stereocenters. The second-order valence-corrected chi connectivity index (χ2v) is 7.60. The Balaban J connectivity index is 1.39. The quantitative estimate of drug-likeness (QED) is 0.651. The van der Waals surface area contributed by atoms with Crippen LogP contribution in [0.2, 0.25) is 5.02 Å². The van der Waals surface area contributed by atoms with E-state index in [0.29, 0.717) is 31.1 Å². The number of benzene rings is 1. The van der Waals surface area contributed by atoms with Gasteiger partial charge in [-0.3, -0.25) is 9.59 Å². The van der Waals surface area contributed by atoms with Gasteiger partial charge < -0.3 is 25.0 Å². The van der Waals surface area contributed by atoms with Crippen molar-refractivity contribution in [2.75, 3.05) is 37.6 Å². The third-order valence-corrected chi connectivity index (χ3v) is 5.29. The molecule has 2 N–H and O–H groups in total. The van der Waals surface area contributed by atoms with Crippen LogP contribution in [0, 0.1) is 5.92 Å².